The monoisotopic (exact) mass is 305 g/mol. The van der Waals surface area contributed by atoms with Gasteiger partial charge in [0, 0.05) is 6.54 Å². The molecule has 1 aliphatic heterocycles. The molecule has 1 heterocycles. The van der Waals surface area contributed by atoms with Crippen molar-refractivity contribution in [2.75, 3.05) is 6.54 Å². The van der Waals surface area contributed by atoms with E-state index in [0.29, 0.717) is 18.5 Å². The molecular weight excluding hydrogens is 282 g/mol. The van der Waals surface area contributed by atoms with Gasteiger partial charge in [0.1, 0.15) is 5.60 Å². The summed E-state index contributed by atoms with van der Waals surface area (Å²) in [6, 6.07) is 5.07. The van der Waals surface area contributed by atoms with Gasteiger partial charge in [-0.15, -0.1) is 0 Å². The standard InChI is InChI=1S/C17H23NO4/c1-5-14-13-7-6-12(15(19)20)10-11(13)8-9-18(14)16(21)22-17(2,3)4/h6-7,10,14H,5,8-9H2,1-4H3,(H,19,20). The average molecular weight is 305 g/mol. The van der Waals surface area contributed by atoms with Crippen molar-refractivity contribution in [1.82, 2.24) is 4.90 Å². The van der Waals surface area contributed by atoms with Crippen LogP contribution in [0.15, 0.2) is 18.2 Å². The molecule has 1 amide bonds. The number of rotatable bonds is 2. The van der Waals surface area contributed by atoms with Crippen molar-refractivity contribution in [2.45, 2.75) is 52.2 Å². The van der Waals surface area contributed by atoms with Gasteiger partial charge >= 0.3 is 12.1 Å². The van der Waals surface area contributed by atoms with Crippen LogP contribution in [0, 0.1) is 0 Å². The van der Waals surface area contributed by atoms with Gasteiger partial charge in [0.15, 0.2) is 0 Å². The first-order valence-corrected chi connectivity index (χ1v) is 7.58. The lowest BCUT2D eigenvalue weighted by molar-refractivity contribution is 0.0136. The minimum absolute atomic E-state index is 0.0681. The fraction of sp³-hybridized carbons (Fsp3) is 0.529. The fourth-order valence-electron chi connectivity index (χ4n) is 2.82. The van der Waals surface area contributed by atoms with Gasteiger partial charge in [-0.25, -0.2) is 9.59 Å². The van der Waals surface area contributed by atoms with Crippen LogP contribution in [0.5, 0.6) is 0 Å². The number of amides is 1. The molecule has 0 spiro atoms. The Morgan fingerprint density at radius 2 is 2.05 bits per heavy atom. The fourth-order valence-corrected chi connectivity index (χ4v) is 2.82. The first-order chi connectivity index (χ1) is 10.2. The van der Waals surface area contributed by atoms with Crippen molar-refractivity contribution in [3.05, 3.63) is 34.9 Å². The second-order valence-electron chi connectivity index (χ2n) is 6.57. The van der Waals surface area contributed by atoms with Crippen molar-refractivity contribution >= 4 is 12.1 Å². The number of hydrogen-bond donors (Lipinski definition) is 1. The topological polar surface area (TPSA) is 66.8 Å². The van der Waals surface area contributed by atoms with E-state index in [-0.39, 0.29) is 12.1 Å². The number of nitrogens with zero attached hydrogens (tertiary/aromatic N) is 1. The third-order valence-corrected chi connectivity index (χ3v) is 3.76. The summed E-state index contributed by atoms with van der Waals surface area (Å²) in [4.78, 5) is 25.2. The van der Waals surface area contributed by atoms with E-state index in [1.807, 2.05) is 33.8 Å². The lowest BCUT2D eigenvalue weighted by Crippen LogP contribution is -2.42. The van der Waals surface area contributed by atoms with Gasteiger partial charge in [-0.3, -0.25) is 0 Å². The zero-order chi connectivity index (χ0) is 16.5. The van der Waals surface area contributed by atoms with Crippen molar-refractivity contribution in [3.63, 3.8) is 0 Å². The van der Waals surface area contributed by atoms with Gasteiger partial charge in [0.2, 0.25) is 0 Å². The Morgan fingerprint density at radius 1 is 1.36 bits per heavy atom. The van der Waals surface area contributed by atoms with Gasteiger partial charge < -0.3 is 14.7 Å². The second-order valence-corrected chi connectivity index (χ2v) is 6.57. The normalized spacial score (nSPS) is 17.8. The summed E-state index contributed by atoms with van der Waals surface area (Å²) < 4.78 is 5.48. The quantitative estimate of drug-likeness (QED) is 0.906. The van der Waals surface area contributed by atoms with Crippen LogP contribution < -0.4 is 0 Å². The van der Waals surface area contributed by atoms with E-state index in [0.717, 1.165) is 17.5 Å². The number of fused-ring (bicyclic) bond motifs is 1. The minimum atomic E-state index is -0.926. The highest BCUT2D eigenvalue weighted by molar-refractivity contribution is 5.88. The average Bonchev–Trinajstić information content (AvgIpc) is 2.43. The number of carbonyl (C=O) groups is 2. The molecule has 1 aliphatic rings. The minimum Gasteiger partial charge on any atom is -0.478 e. The van der Waals surface area contributed by atoms with Crippen LogP contribution in [0.3, 0.4) is 0 Å². The van der Waals surface area contributed by atoms with Crippen molar-refractivity contribution in [3.8, 4) is 0 Å². The molecule has 1 N–H and O–H groups in total. The molecule has 0 aliphatic carbocycles. The van der Waals surface area contributed by atoms with E-state index in [4.69, 9.17) is 9.84 Å². The summed E-state index contributed by atoms with van der Waals surface area (Å²) in [7, 11) is 0. The van der Waals surface area contributed by atoms with Crippen LogP contribution in [-0.4, -0.2) is 34.2 Å². The number of benzene rings is 1. The van der Waals surface area contributed by atoms with Crippen LogP contribution in [0.1, 0.15) is 61.6 Å². The van der Waals surface area contributed by atoms with Crippen LogP contribution in [0.4, 0.5) is 4.79 Å². The maximum atomic E-state index is 12.4. The molecule has 0 saturated heterocycles. The predicted molar refractivity (Wildman–Crippen MR) is 83.1 cm³/mol. The zero-order valence-corrected chi connectivity index (χ0v) is 13.5. The van der Waals surface area contributed by atoms with Gasteiger partial charge in [0.25, 0.3) is 0 Å². The zero-order valence-electron chi connectivity index (χ0n) is 13.5. The Labute approximate surface area is 130 Å². The Balaban J connectivity index is 2.29. The predicted octanol–water partition coefficient (Wildman–Crippen LogP) is 3.63. The SMILES string of the molecule is CCC1c2ccc(C(=O)O)cc2CCN1C(=O)OC(C)(C)C. The van der Waals surface area contributed by atoms with Crippen molar-refractivity contribution < 1.29 is 19.4 Å². The lowest BCUT2D eigenvalue weighted by Gasteiger charge is -2.37. The summed E-state index contributed by atoms with van der Waals surface area (Å²) >= 11 is 0. The molecule has 1 unspecified atom stereocenters. The molecule has 0 saturated carbocycles. The summed E-state index contributed by atoms with van der Waals surface area (Å²) in [6.45, 7) is 8.11. The smallest absolute Gasteiger partial charge is 0.410 e. The molecule has 0 fully saturated rings. The van der Waals surface area contributed by atoms with E-state index in [9.17, 15) is 9.59 Å². The highest BCUT2D eigenvalue weighted by Crippen LogP contribution is 2.33. The van der Waals surface area contributed by atoms with Crippen LogP contribution in [0.25, 0.3) is 0 Å². The van der Waals surface area contributed by atoms with Crippen molar-refractivity contribution in [2.24, 2.45) is 0 Å². The third kappa shape index (κ3) is 3.40. The van der Waals surface area contributed by atoms with Gasteiger partial charge in [-0.1, -0.05) is 13.0 Å². The maximum absolute atomic E-state index is 12.4. The summed E-state index contributed by atoms with van der Waals surface area (Å²) in [6.07, 6.45) is 1.09. The first kappa shape index (κ1) is 16.3. The molecule has 1 atom stereocenters. The Bertz CT molecular complexity index is 589. The molecular formula is C17H23NO4. The molecule has 0 radical (unpaired) electrons. The maximum Gasteiger partial charge on any atom is 0.410 e. The van der Waals surface area contributed by atoms with Crippen molar-refractivity contribution in [1.29, 1.82) is 0 Å². The second kappa shape index (κ2) is 5.99. The molecule has 5 heteroatoms. The number of carboxylic acids is 1. The van der Waals surface area contributed by atoms with Crippen LogP contribution in [0.2, 0.25) is 0 Å². The number of ether oxygens (including phenoxy) is 1. The van der Waals surface area contributed by atoms with E-state index in [1.54, 1.807) is 17.0 Å². The molecule has 1 aromatic rings. The first-order valence-electron chi connectivity index (χ1n) is 7.58. The van der Waals surface area contributed by atoms with E-state index in [1.165, 1.54) is 0 Å². The van der Waals surface area contributed by atoms with E-state index < -0.39 is 11.6 Å². The van der Waals surface area contributed by atoms with Gasteiger partial charge in [-0.05, 0) is 56.9 Å². The van der Waals surface area contributed by atoms with E-state index >= 15 is 0 Å². The van der Waals surface area contributed by atoms with Crippen LogP contribution in [-0.2, 0) is 11.2 Å². The highest BCUT2D eigenvalue weighted by atomic mass is 16.6. The molecule has 1 aromatic carbocycles. The third-order valence-electron chi connectivity index (χ3n) is 3.76. The number of hydrogen-bond acceptors (Lipinski definition) is 3. The lowest BCUT2D eigenvalue weighted by atomic mass is 9.90. The molecule has 2 rings (SSSR count). The largest absolute Gasteiger partial charge is 0.478 e. The molecule has 0 bridgehead atoms. The molecule has 0 aromatic heterocycles. The summed E-state index contributed by atoms with van der Waals surface area (Å²) in [5.41, 5.74) is 1.79. The van der Waals surface area contributed by atoms with Crippen LogP contribution >= 0.6 is 0 Å². The molecule has 22 heavy (non-hydrogen) atoms. The Morgan fingerprint density at radius 3 is 2.59 bits per heavy atom. The summed E-state index contributed by atoms with van der Waals surface area (Å²) in [5, 5.41) is 9.09. The Hall–Kier alpha value is -2.04. The number of aromatic carboxylic acids is 1. The van der Waals surface area contributed by atoms with Gasteiger partial charge in [0.05, 0.1) is 11.6 Å². The molecule has 120 valence electrons. The highest BCUT2D eigenvalue weighted by Gasteiger charge is 2.32. The Kier molecular flexibility index (Phi) is 4.44. The van der Waals surface area contributed by atoms with E-state index in [2.05, 4.69) is 0 Å². The molecule has 5 nitrogen and oxygen atoms in total. The summed E-state index contributed by atoms with van der Waals surface area (Å²) in [5.74, 6) is -0.926. The number of carboxylic acid groups (broad SMARTS) is 1. The number of carbonyl (C=O) groups excluding carboxylic acids is 1. The van der Waals surface area contributed by atoms with Gasteiger partial charge in [-0.2, -0.15) is 0 Å².